The molecule has 0 aliphatic carbocycles. The van der Waals surface area contributed by atoms with Crippen LogP contribution < -0.4 is 9.80 Å². The summed E-state index contributed by atoms with van der Waals surface area (Å²) in [6.45, 7) is 4.75. The number of hydrogen-bond acceptors (Lipinski definition) is 2. The van der Waals surface area contributed by atoms with Crippen molar-refractivity contribution in [2.75, 3.05) is 9.80 Å². The molecule has 0 spiro atoms. The van der Waals surface area contributed by atoms with Gasteiger partial charge >= 0.3 is 0 Å². The minimum Gasteiger partial charge on any atom is -0.310 e. The molecule has 57 heavy (non-hydrogen) atoms. The highest BCUT2D eigenvalue weighted by molar-refractivity contribution is 6.07. The maximum atomic E-state index is 2.53. The molecule has 0 N–H and O–H groups in total. The number of anilines is 6. The first-order valence-corrected chi connectivity index (χ1v) is 19.8. The molecule has 10 rings (SSSR count). The van der Waals surface area contributed by atoms with Gasteiger partial charge in [-0.1, -0.05) is 184 Å². The summed E-state index contributed by atoms with van der Waals surface area (Å²) in [5.74, 6) is 0. The maximum Gasteiger partial charge on any atom is 0.0618 e. The van der Waals surface area contributed by atoms with Crippen LogP contribution in [0.4, 0.5) is 34.1 Å². The molecule has 2 nitrogen and oxygen atoms in total. The van der Waals surface area contributed by atoms with Gasteiger partial charge in [0.05, 0.1) is 17.1 Å². The van der Waals surface area contributed by atoms with Gasteiger partial charge in [-0.15, -0.1) is 0 Å². The van der Waals surface area contributed by atoms with E-state index in [-0.39, 0.29) is 5.41 Å². The van der Waals surface area contributed by atoms with Crippen LogP contribution in [-0.4, -0.2) is 0 Å². The van der Waals surface area contributed by atoms with Crippen molar-refractivity contribution in [2.45, 2.75) is 19.3 Å². The molecule has 1 aliphatic rings. The van der Waals surface area contributed by atoms with Gasteiger partial charge in [0.25, 0.3) is 0 Å². The van der Waals surface area contributed by atoms with E-state index in [1.54, 1.807) is 0 Å². The largest absolute Gasteiger partial charge is 0.310 e. The lowest BCUT2D eigenvalue weighted by Gasteiger charge is -2.43. The molecule has 0 atom stereocenters. The Balaban J connectivity index is 1.17. The smallest absolute Gasteiger partial charge is 0.0618 e. The summed E-state index contributed by atoms with van der Waals surface area (Å²) in [5.41, 5.74) is 16.4. The molecule has 0 saturated heterocycles. The summed E-state index contributed by atoms with van der Waals surface area (Å²) < 4.78 is 0. The third-order valence-corrected chi connectivity index (χ3v) is 11.6. The number of rotatable bonds is 7. The Morgan fingerprint density at radius 2 is 0.842 bits per heavy atom. The lowest BCUT2D eigenvalue weighted by Crippen LogP contribution is -2.31. The van der Waals surface area contributed by atoms with Crippen LogP contribution in [0.3, 0.4) is 0 Å². The quantitative estimate of drug-likeness (QED) is 0.161. The Kier molecular flexibility index (Phi) is 8.53. The van der Waals surface area contributed by atoms with Crippen LogP contribution in [0.25, 0.3) is 44.2 Å². The topological polar surface area (TPSA) is 6.48 Å². The first-order valence-electron chi connectivity index (χ1n) is 19.8. The van der Waals surface area contributed by atoms with E-state index in [0.717, 1.165) is 17.1 Å². The van der Waals surface area contributed by atoms with Crippen molar-refractivity contribution in [3.05, 3.63) is 230 Å². The summed E-state index contributed by atoms with van der Waals surface area (Å²) >= 11 is 0. The molecule has 9 aromatic carbocycles. The molecule has 0 unspecified atom stereocenters. The van der Waals surface area contributed by atoms with Crippen LogP contribution in [0.2, 0.25) is 0 Å². The highest BCUT2D eigenvalue weighted by Crippen LogP contribution is 2.56. The number of para-hydroxylation sites is 1. The number of hydrogen-bond donors (Lipinski definition) is 0. The maximum absolute atomic E-state index is 2.53. The molecule has 2 heteroatoms. The third-order valence-electron chi connectivity index (χ3n) is 11.6. The van der Waals surface area contributed by atoms with Gasteiger partial charge in [-0.05, 0) is 92.9 Å². The standard InChI is InChI=1S/C55H42N2/c1-55(2)50-24-14-15-25-52(50)57(54-48-23-13-12-22-44(48)30-36-49(54)43-20-10-5-11-21-43)53-37-35-47(38-51(53)55)56(45-31-26-41(27-32-45)39-16-6-3-7-17-39)46-33-28-42(29-34-46)40-18-8-4-9-19-40/h3-38H,1-2H3. The minimum atomic E-state index is -0.282. The van der Waals surface area contributed by atoms with Crippen molar-refractivity contribution in [1.29, 1.82) is 0 Å². The van der Waals surface area contributed by atoms with Gasteiger partial charge in [-0.2, -0.15) is 0 Å². The van der Waals surface area contributed by atoms with Gasteiger partial charge in [-0.25, -0.2) is 0 Å². The zero-order valence-corrected chi connectivity index (χ0v) is 32.2. The molecule has 0 amide bonds. The lowest BCUT2D eigenvalue weighted by atomic mass is 9.73. The molecule has 0 radical (unpaired) electrons. The highest BCUT2D eigenvalue weighted by Gasteiger charge is 2.38. The van der Waals surface area contributed by atoms with Gasteiger partial charge < -0.3 is 9.80 Å². The van der Waals surface area contributed by atoms with E-state index < -0.39 is 0 Å². The Morgan fingerprint density at radius 3 is 1.46 bits per heavy atom. The van der Waals surface area contributed by atoms with Crippen molar-refractivity contribution in [1.82, 2.24) is 0 Å². The molecule has 0 aromatic heterocycles. The van der Waals surface area contributed by atoms with Gasteiger partial charge in [0.2, 0.25) is 0 Å². The predicted octanol–water partition coefficient (Wildman–Crippen LogP) is 15.4. The second kappa shape index (κ2) is 14.2. The number of fused-ring (bicyclic) bond motifs is 3. The molecule has 272 valence electrons. The summed E-state index contributed by atoms with van der Waals surface area (Å²) in [7, 11) is 0. The van der Waals surface area contributed by atoms with Crippen LogP contribution >= 0.6 is 0 Å². The van der Waals surface area contributed by atoms with Gasteiger partial charge in [0.1, 0.15) is 0 Å². The Hall–Kier alpha value is -7.16. The van der Waals surface area contributed by atoms with Crippen molar-refractivity contribution >= 4 is 44.9 Å². The third kappa shape index (κ3) is 6.07. The monoisotopic (exact) mass is 730 g/mol. The Labute approximate surface area is 335 Å². The van der Waals surface area contributed by atoms with Gasteiger partial charge in [-0.3, -0.25) is 0 Å². The Morgan fingerprint density at radius 1 is 0.368 bits per heavy atom. The molecular formula is C55H42N2. The van der Waals surface area contributed by atoms with Crippen LogP contribution in [-0.2, 0) is 5.41 Å². The lowest BCUT2D eigenvalue weighted by molar-refractivity contribution is 0.632. The van der Waals surface area contributed by atoms with E-state index in [1.165, 1.54) is 72.3 Å². The van der Waals surface area contributed by atoms with Crippen molar-refractivity contribution < 1.29 is 0 Å². The fraction of sp³-hybridized carbons (Fsp3) is 0.0545. The average molecular weight is 731 g/mol. The van der Waals surface area contributed by atoms with E-state index in [2.05, 4.69) is 242 Å². The predicted molar refractivity (Wildman–Crippen MR) is 242 cm³/mol. The molecule has 9 aromatic rings. The molecule has 0 fully saturated rings. The fourth-order valence-electron chi connectivity index (χ4n) is 8.73. The van der Waals surface area contributed by atoms with E-state index in [4.69, 9.17) is 0 Å². The highest BCUT2D eigenvalue weighted by atomic mass is 15.2. The fourth-order valence-corrected chi connectivity index (χ4v) is 8.73. The first-order chi connectivity index (χ1) is 28.0. The normalized spacial score (nSPS) is 12.8. The average Bonchev–Trinajstić information content (AvgIpc) is 3.28. The molecule has 1 aliphatic heterocycles. The SMILES string of the molecule is CC1(C)c2ccccc2N(c2c(-c3ccccc3)ccc3ccccc23)c2ccc(N(c3ccc(-c4ccccc4)cc3)c3ccc(-c4ccccc4)cc3)cc21. The summed E-state index contributed by atoms with van der Waals surface area (Å²) in [4.78, 5) is 4.93. The zero-order chi connectivity index (χ0) is 38.3. The van der Waals surface area contributed by atoms with Crippen molar-refractivity contribution in [3.8, 4) is 33.4 Å². The van der Waals surface area contributed by atoms with Crippen LogP contribution in [0, 0.1) is 0 Å². The van der Waals surface area contributed by atoms with E-state index >= 15 is 0 Å². The summed E-state index contributed by atoms with van der Waals surface area (Å²) in [6.07, 6.45) is 0. The van der Waals surface area contributed by atoms with E-state index in [9.17, 15) is 0 Å². The second-order valence-corrected chi connectivity index (χ2v) is 15.4. The number of benzene rings is 9. The van der Waals surface area contributed by atoms with Crippen LogP contribution in [0.1, 0.15) is 25.0 Å². The molecular weight excluding hydrogens is 689 g/mol. The minimum absolute atomic E-state index is 0.282. The van der Waals surface area contributed by atoms with Crippen LogP contribution in [0.5, 0.6) is 0 Å². The summed E-state index contributed by atoms with van der Waals surface area (Å²) in [6, 6.07) is 79.4. The number of nitrogens with zero attached hydrogens (tertiary/aromatic N) is 2. The van der Waals surface area contributed by atoms with Crippen molar-refractivity contribution in [3.63, 3.8) is 0 Å². The zero-order valence-electron chi connectivity index (χ0n) is 32.2. The summed E-state index contributed by atoms with van der Waals surface area (Å²) in [5, 5.41) is 2.44. The molecule has 1 heterocycles. The van der Waals surface area contributed by atoms with E-state index in [0.29, 0.717) is 0 Å². The van der Waals surface area contributed by atoms with Gasteiger partial charge in [0.15, 0.2) is 0 Å². The first kappa shape index (κ1) is 34.3. The molecule has 0 saturated carbocycles. The second-order valence-electron chi connectivity index (χ2n) is 15.4. The van der Waals surface area contributed by atoms with Crippen molar-refractivity contribution in [2.24, 2.45) is 0 Å². The van der Waals surface area contributed by atoms with Crippen LogP contribution in [0.15, 0.2) is 218 Å². The van der Waals surface area contributed by atoms with E-state index in [1.807, 2.05) is 0 Å². The Bertz CT molecular complexity index is 2760. The van der Waals surface area contributed by atoms with Gasteiger partial charge in [0, 0.05) is 33.4 Å². The molecule has 0 bridgehead atoms.